The summed E-state index contributed by atoms with van der Waals surface area (Å²) in [5, 5.41) is 13.4. The molecule has 176 valence electrons. The number of halogens is 2. The highest BCUT2D eigenvalue weighted by molar-refractivity contribution is 8.05. The average Bonchev–Trinajstić information content (AvgIpc) is 3.11. The summed E-state index contributed by atoms with van der Waals surface area (Å²) in [5.74, 6) is -0.793. The predicted octanol–water partition coefficient (Wildman–Crippen LogP) is 6.68. The number of hydrogen-bond acceptors (Lipinski definition) is 4. The standard InChI is InChI=1S/C27H21Cl2N3O2S/c1-16-8-9-22(10-17(16)2)32-26(34)24(13-18-11-19(28)14-20(29)12-18)35-27(32)23(15-30)25(33)31-21-6-4-3-5-7-21/h3-12,14,24H,13H2,1-2H3,(H,31,33)/b27-23-. The van der Waals surface area contributed by atoms with Gasteiger partial charge in [-0.2, -0.15) is 5.26 Å². The Bertz CT molecular complexity index is 1360. The van der Waals surface area contributed by atoms with Gasteiger partial charge in [0.05, 0.1) is 5.25 Å². The first-order chi connectivity index (χ1) is 16.8. The number of carbonyl (C=O) groups excluding carboxylic acids is 2. The maximum atomic E-state index is 13.7. The number of rotatable bonds is 5. The summed E-state index contributed by atoms with van der Waals surface area (Å²) in [6.07, 6.45) is 0.341. The third-order valence-corrected chi connectivity index (χ3v) is 7.33. The van der Waals surface area contributed by atoms with E-state index >= 15 is 0 Å². The maximum absolute atomic E-state index is 13.7. The molecule has 0 aromatic heterocycles. The summed E-state index contributed by atoms with van der Waals surface area (Å²) in [6, 6.07) is 21.7. The average molecular weight is 522 g/mol. The minimum atomic E-state index is -0.575. The van der Waals surface area contributed by atoms with Gasteiger partial charge in [-0.25, -0.2) is 0 Å². The SMILES string of the molecule is Cc1ccc(N2C(=O)C(Cc3cc(Cl)cc(Cl)c3)S/C2=C(/C#N)C(=O)Nc2ccccc2)cc1C. The summed E-state index contributed by atoms with van der Waals surface area (Å²) >= 11 is 13.5. The summed E-state index contributed by atoms with van der Waals surface area (Å²) in [4.78, 5) is 28.2. The smallest absolute Gasteiger partial charge is 0.269 e. The molecule has 1 unspecified atom stereocenters. The molecule has 1 aliphatic heterocycles. The molecule has 1 aliphatic rings. The van der Waals surface area contributed by atoms with Gasteiger partial charge < -0.3 is 5.32 Å². The van der Waals surface area contributed by atoms with E-state index in [0.717, 1.165) is 16.7 Å². The molecule has 35 heavy (non-hydrogen) atoms. The molecule has 0 aliphatic carbocycles. The fourth-order valence-corrected chi connectivity index (χ4v) is 5.62. The van der Waals surface area contributed by atoms with Crippen molar-refractivity contribution >= 4 is 58.2 Å². The summed E-state index contributed by atoms with van der Waals surface area (Å²) < 4.78 is 0. The van der Waals surface area contributed by atoms with Crippen LogP contribution < -0.4 is 10.2 Å². The van der Waals surface area contributed by atoms with Crippen LogP contribution in [0.2, 0.25) is 10.0 Å². The van der Waals surface area contributed by atoms with E-state index in [-0.39, 0.29) is 11.5 Å². The molecule has 5 nitrogen and oxygen atoms in total. The van der Waals surface area contributed by atoms with E-state index in [0.29, 0.717) is 32.9 Å². The quantitative estimate of drug-likeness (QED) is 0.300. The van der Waals surface area contributed by atoms with Crippen molar-refractivity contribution in [3.8, 4) is 6.07 Å². The second-order valence-corrected chi connectivity index (χ2v) is 10.2. The highest BCUT2D eigenvalue weighted by atomic mass is 35.5. The molecule has 2 amide bonds. The molecule has 4 rings (SSSR count). The molecule has 1 saturated heterocycles. The third-order valence-electron chi connectivity index (χ3n) is 5.63. The Morgan fingerprint density at radius 3 is 2.34 bits per heavy atom. The minimum Gasteiger partial charge on any atom is -0.321 e. The van der Waals surface area contributed by atoms with E-state index in [4.69, 9.17) is 23.2 Å². The van der Waals surface area contributed by atoms with Gasteiger partial charge in [0.25, 0.3) is 5.91 Å². The number of nitrogens with zero attached hydrogens (tertiary/aromatic N) is 2. The Balaban J connectivity index is 1.76. The van der Waals surface area contributed by atoms with Crippen molar-refractivity contribution in [1.82, 2.24) is 0 Å². The van der Waals surface area contributed by atoms with Crippen LogP contribution >= 0.6 is 35.0 Å². The predicted molar refractivity (Wildman–Crippen MR) is 143 cm³/mol. The minimum absolute atomic E-state index is 0.128. The van der Waals surface area contributed by atoms with Gasteiger partial charge in [-0.3, -0.25) is 14.5 Å². The van der Waals surface area contributed by atoms with Gasteiger partial charge in [0.2, 0.25) is 5.91 Å². The van der Waals surface area contributed by atoms with Gasteiger partial charge in [-0.15, -0.1) is 0 Å². The Morgan fingerprint density at radius 2 is 1.71 bits per heavy atom. The van der Waals surface area contributed by atoms with Gasteiger partial charge in [-0.05, 0) is 79.4 Å². The first-order valence-electron chi connectivity index (χ1n) is 10.8. The van der Waals surface area contributed by atoms with Crippen LogP contribution in [-0.2, 0) is 16.0 Å². The molecule has 8 heteroatoms. The number of amides is 2. The number of nitriles is 1. The van der Waals surface area contributed by atoms with Crippen LogP contribution in [0.4, 0.5) is 11.4 Å². The van der Waals surface area contributed by atoms with Crippen molar-refractivity contribution in [3.05, 3.63) is 104 Å². The molecule has 1 heterocycles. The number of nitrogens with one attached hydrogen (secondary N) is 1. The molecule has 3 aromatic rings. The van der Waals surface area contributed by atoms with Crippen molar-refractivity contribution in [2.24, 2.45) is 0 Å². The lowest BCUT2D eigenvalue weighted by Gasteiger charge is -2.20. The van der Waals surface area contributed by atoms with E-state index in [9.17, 15) is 14.9 Å². The fourth-order valence-electron chi connectivity index (χ4n) is 3.74. The van der Waals surface area contributed by atoms with Crippen LogP contribution in [0.15, 0.2) is 77.3 Å². The number of benzene rings is 3. The molecule has 0 radical (unpaired) electrons. The first kappa shape index (κ1) is 24.9. The lowest BCUT2D eigenvalue weighted by Crippen LogP contribution is -2.31. The molecular formula is C27H21Cl2N3O2S. The van der Waals surface area contributed by atoms with Crippen molar-refractivity contribution in [1.29, 1.82) is 5.26 Å². The second kappa shape index (κ2) is 10.6. The van der Waals surface area contributed by atoms with Crippen LogP contribution in [0.25, 0.3) is 0 Å². The topological polar surface area (TPSA) is 73.2 Å². The molecule has 0 bridgehead atoms. The Hall–Kier alpha value is -3.24. The van der Waals surface area contributed by atoms with E-state index < -0.39 is 11.2 Å². The lowest BCUT2D eigenvalue weighted by atomic mass is 10.1. The summed E-state index contributed by atoms with van der Waals surface area (Å²) in [6.45, 7) is 3.94. The van der Waals surface area contributed by atoms with E-state index in [2.05, 4.69) is 5.32 Å². The molecule has 3 aromatic carbocycles. The van der Waals surface area contributed by atoms with Gasteiger partial charge in [0.1, 0.15) is 16.7 Å². The Morgan fingerprint density at radius 1 is 1.03 bits per heavy atom. The first-order valence-corrected chi connectivity index (χ1v) is 12.4. The van der Waals surface area contributed by atoms with Gasteiger partial charge in [0, 0.05) is 21.4 Å². The summed E-state index contributed by atoms with van der Waals surface area (Å²) in [7, 11) is 0. The Kier molecular flexibility index (Phi) is 7.51. The highest BCUT2D eigenvalue weighted by Crippen LogP contribution is 2.42. The zero-order chi connectivity index (χ0) is 25.1. The van der Waals surface area contributed by atoms with Crippen molar-refractivity contribution in [2.75, 3.05) is 10.2 Å². The zero-order valence-corrected chi connectivity index (χ0v) is 21.3. The number of carbonyl (C=O) groups is 2. The second-order valence-electron chi connectivity index (χ2n) is 8.14. The number of aryl methyl sites for hydroxylation is 2. The molecule has 0 saturated carbocycles. The maximum Gasteiger partial charge on any atom is 0.269 e. The summed E-state index contributed by atoms with van der Waals surface area (Å²) in [5.41, 5.74) is 3.90. The van der Waals surface area contributed by atoms with Gasteiger partial charge >= 0.3 is 0 Å². The fraction of sp³-hybridized carbons (Fsp3) is 0.148. The molecule has 0 spiro atoms. The number of hydrogen-bond donors (Lipinski definition) is 1. The van der Waals surface area contributed by atoms with Gasteiger partial charge in [0.15, 0.2) is 0 Å². The van der Waals surface area contributed by atoms with Crippen molar-refractivity contribution < 1.29 is 9.59 Å². The third kappa shape index (κ3) is 5.54. The van der Waals surface area contributed by atoms with E-state index in [1.165, 1.54) is 16.7 Å². The molecular weight excluding hydrogens is 501 g/mol. The van der Waals surface area contributed by atoms with Crippen molar-refractivity contribution in [2.45, 2.75) is 25.5 Å². The normalized spacial score (nSPS) is 16.7. The highest BCUT2D eigenvalue weighted by Gasteiger charge is 2.41. The van der Waals surface area contributed by atoms with Gasteiger partial charge in [-0.1, -0.05) is 59.2 Å². The molecule has 1 fully saturated rings. The van der Waals surface area contributed by atoms with Crippen LogP contribution in [0, 0.1) is 25.2 Å². The monoisotopic (exact) mass is 521 g/mol. The number of para-hydroxylation sites is 1. The van der Waals surface area contributed by atoms with Crippen LogP contribution in [0.5, 0.6) is 0 Å². The van der Waals surface area contributed by atoms with Crippen molar-refractivity contribution in [3.63, 3.8) is 0 Å². The Labute approximate surface area is 218 Å². The van der Waals surface area contributed by atoms with Crippen LogP contribution in [0.1, 0.15) is 16.7 Å². The number of anilines is 2. The zero-order valence-electron chi connectivity index (χ0n) is 19.0. The largest absolute Gasteiger partial charge is 0.321 e. The van der Waals surface area contributed by atoms with E-state index in [1.807, 2.05) is 44.2 Å². The van der Waals surface area contributed by atoms with Crippen LogP contribution in [0.3, 0.4) is 0 Å². The van der Waals surface area contributed by atoms with Crippen LogP contribution in [-0.4, -0.2) is 17.1 Å². The number of thioether (sulfide) groups is 1. The molecule has 1 N–H and O–H groups in total. The lowest BCUT2D eigenvalue weighted by molar-refractivity contribution is -0.117. The van der Waals surface area contributed by atoms with E-state index in [1.54, 1.807) is 42.5 Å². The molecule has 1 atom stereocenters.